The highest BCUT2D eigenvalue weighted by molar-refractivity contribution is 6.02. The number of esters is 1. The molecule has 0 aromatic heterocycles. The van der Waals surface area contributed by atoms with Crippen LogP contribution in [0.5, 0.6) is 0 Å². The summed E-state index contributed by atoms with van der Waals surface area (Å²) in [5.74, 6) is -0.471. The highest BCUT2D eigenvalue weighted by Gasteiger charge is 2.40. The maximum absolute atomic E-state index is 12.5. The van der Waals surface area contributed by atoms with Crippen molar-refractivity contribution in [2.24, 2.45) is 11.3 Å². The molecule has 0 saturated heterocycles. The lowest BCUT2D eigenvalue weighted by Gasteiger charge is -2.38. The average molecular weight is 289 g/mol. The molecule has 1 aliphatic carbocycles. The molecule has 0 aromatic rings. The van der Waals surface area contributed by atoms with Crippen LogP contribution in [0, 0.1) is 11.3 Å². The van der Waals surface area contributed by atoms with Crippen molar-refractivity contribution >= 4 is 11.8 Å². The SMILES string of the molecule is C=CCOC(=O)C1=C(C)NC2=C(C(=O)CC(C)(C)C2)C1C. The molecule has 0 spiro atoms. The molecule has 1 N–H and O–H groups in total. The first-order valence-corrected chi connectivity index (χ1v) is 7.29. The predicted octanol–water partition coefficient (Wildman–Crippen LogP) is 2.87. The molecular formula is C17H23NO3. The van der Waals surface area contributed by atoms with E-state index in [-0.39, 0.29) is 29.7 Å². The Balaban J connectivity index is 2.32. The second-order valence-electron chi connectivity index (χ2n) is 6.61. The van der Waals surface area contributed by atoms with Crippen molar-refractivity contribution < 1.29 is 14.3 Å². The van der Waals surface area contributed by atoms with Gasteiger partial charge in [0.25, 0.3) is 0 Å². The van der Waals surface area contributed by atoms with E-state index in [1.165, 1.54) is 6.08 Å². The summed E-state index contributed by atoms with van der Waals surface area (Å²) in [4.78, 5) is 24.6. The van der Waals surface area contributed by atoms with Gasteiger partial charge in [-0.1, -0.05) is 33.4 Å². The van der Waals surface area contributed by atoms with E-state index >= 15 is 0 Å². The molecule has 114 valence electrons. The number of carbonyl (C=O) groups excluding carboxylic acids is 2. The fourth-order valence-electron chi connectivity index (χ4n) is 3.25. The van der Waals surface area contributed by atoms with Crippen molar-refractivity contribution in [2.75, 3.05) is 6.61 Å². The highest BCUT2D eigenvalue weighted by atomic mass is 16.5. The zero-order chi connectivity index (χ0) is 15.8. The first-order valence-electron chi connectivity index (χ1n) is 7.29. The van der Waals surface area contributed by atoms with Crippen LogP contribution in [-0.2, 0) is 14.3 Å². The van der Waals surface area contributed by atoms with E-state index in [1.807, 2.05) is 13.8 Å². The Bertz CT molecular complexity index is 567. The zero-order valence-electron chi connectivity index (χ0n) is 13.2. The summed E-state index contributed by atoms with van der Waals surface area (Å²) in [6.45, 7) is 11.7. The van der Waals surface area contributed by atoms with Crippen LogP contribution in [0.3, 0.4) is 0 Å². The van der Waals surface area contributed by atoms with Crippen LogP contribution in [0.2, 0.25) is 0 Å². The normalized spacial score (nSPS) is 24.4. The van der Waals surface area contributed by atoms with Gasteiger partial charge >= 0.3 is 5.97 Å². The summed E-state index contributed by atoms with van der Waals surface area (Å²) in [5, 5.41) is 3.25. The lowest BCUT2D eigenvalue weighted by Crippen LogP contribution is -2.38. The molecule has 4 nitrogen and oxygen atoms in total. The van der Waals surface area contributed by atoms with Gasteiger partial charge in [0.05, 0.1) is 5.57 Å². The second-order valence-corrected chi connectivity index (χ2v) is 6.61. The third-order valence-electron chi connectivity index (χ3n) is 4.08. The average Bonchev–Trinajstić information content (AvgIpc) is 2.33. The minimum atomic E-state index is -0.378. The number of rotatable bonds is 3. The van der Waals surface area contributed by atoms with Crippen LogP contribution in [0.25, 0.3) is 0 Å². The number of ketones is 1. The van der Waals surface area contributed by atoms with Gasteiger partial charge in [0.15, 0.2) is 5.78 Å². The summed E-state index contributed by atoms with van der Waals surface area (Å²) in [7, 11) is 0. The van der Waals surface area contributed by atoms with E-state index in [9.17, 15) is 9.59 Å². The van der Waals surface area contributed by atoms with Crippen LogP contribution in [0.15, 0.2) is 35.2 Å². The Labute approximate surface area is 125 Å². The summed E-state index contributed by atoms with van der Waals surface area (Å²) in [6.07, 6.45) is 2.88. The minimum Gasteiger partial charge on any atom is -0.458 e. The van der Waals surface area contributed by atoms with E-state index in [1.54, 1.807) is 0 Å². The molecule has 0 radical (unpaired) electrons. The van der Waals surface area contributed by atoms with Crippen molar-refractivity contribution in [3.05, 3.63) is 35.2 Å². The molecular weight excluding hydrogens is 266 g/mol. The van der Waals surface area contributed by atoms with Crippen LogP contribution in [0.4, 0.5) is 0 Å². The molecule has 0 aromatic carbocycles. The second kappa shape index (κ2) is 5.51. The number of ether oxygens (including phenoxy) is 1. The number of nitrogens with one attached hydrogen (secondary N) is 1. The Kier molecular flexibility index (Phi) is 4.08. The Hall–Kier alpha value is -1.84. The van der Waals surface area contributed by atoms with Gasteiger partial charge in [-0.05, 0) is 18.8 Å². The molecule has 0 amide bonds. The highest BCUT2D eigenvalue weighted by Crippen LogP contribution is 2.42. The van der Waals surface area contributed by atoms with Crippen LogP contribution >= 0.6 is 0 Å². The fraction of sp³-hybridized carbons (Fsp3) is 0.529. The van der Waals surface area contributed by atoms with Crippen molar-refractivity contribution in [1.82, 2.24) is 5.32 Å². The number of hydrogen-bond acceptors (Lipinski definition) is 4. The largest absolute Gasteiger partial charge is 0.458 e. The summed E-state index contributed by atoms with van der Waals surface area (Å²) < 4.78 is 5.14. The minimum absolute atomic E-state index is 0.0379. The molecule has 0 fully saturated rings. The Morgan fingerprint density at radius 3 is 2.76 bits per heavy atom. The topological polar surface area (TPSA) is 55.4 Å². The molecule has 2 aliphatic rings. The monoisotopic (exact) mass is 289 g/mol. The molecule has 4 heteroatoms. The van der Waals surface area contributed by atoms with Crippen molar-refractivity contribution in [1.29, 1.82) is 0 Å². The molecule has 1 aliphatic heterocycles. The van der Waals surface area contributed by atoms with Gasteiger partial charge < -0.3 is 10.1 Å². The lowest BCUT2D eigenvalue weighted by molar-refractivity contribution is -0.138. The maximum atomic E-state index is 12.5. The Morgan fingerprint density at radius 2 is 2.14 bits per heavy atom. The molecule has 2 rings (SSSR count). The molecule has 1 unspecified atom stereocenters. The van der Waals surface area contributed by atoms with Gasteiger partial charge in [0, 0.05) is 29.3 Å². The summed E-state index contributed by atoms with van der Waals surface area (Å²) in [6, 6.07) is 0. The number of Topliss-reactive ketones (excluding diaryl/α,β-unsaturated/α-hetero) is 1. The number of dihydropyridines is 1. The van der Waals surface area contributed by atoms with Crippen molar-refractivity contribution in [3.8, 4) is 0 Å². The van der Waals surface area contributed by atoms with Gasteiger partial charge in [-0.3, -0.25) is 4.79 Å². The molecule has 0 saturated carbocycles. The number of hydrogen-bond donors (Lipinski definition) is 1. The van der Waals surface area contributed by atoms with E-state index in [2.05, 4.69) is 25.7 Å². The summed E-state index contributed by atoms with van der Waals surface area (Å²) >= 11 is 0. The van der Waals surface area contributed by atoms with E-state index in [4.69, 9.17) is 4.74 Å². The van der Waals surface area contributed by atoms with Crippen LogP contribution in [0.1, 0.15) is 40.5 Å². The smallest absolute Gasteiger partial charge is 0.336 e. The predicted molar refractivity (Wildman–Crippen MR) is 81.2 cm³/mol. The van der Waals surface area contributed by atoms with Crippen LogP contribution < -0.4 is 5.32 Å². The van der Waals surface area contributed by atoms with Gasteiger partial charge in [0.1, 0.15) is 6.61 Å². The first-order chi connectivity index (χ1) is 9.76. The van der Waals surface area contributed by atoms with Crippen LogP contribution in [-0.4, -0.2) is 18.4 Å². The summed E-state index contributed by atoms with van der Waals surface area (Å²) in [5.41, 5.74) is 2.99. The molecule has 1 atom stereocenters. The van der Waals surface area contributed by atoms with Crippen molar-refractivity contribution in [3.63, 3.8) is 0 Å². The molecule has 21 heavy (non-hydrogen) atoms. The number of allylic oxidation sites excluding steroid dienone is 3. The quantitative estimate of drug-likeness (QED) is 0.641. The molecule has 0 bridgehead atoms. The van der Waals surface area contributed by atoms with Gasteiger partial charge in [-0.2, -0.15) is 0 Å². The van der Waals surface area contributed by atoms with Gasteiger partial charge in [-0.25, -0.2) is 4.79 Å². The Morgan fingerprint density at radius 1 is 1.48 bits per heavy atom. The van der Waals surface area contributed by atoms with E-state index in [0.29, 0.717) is 12.0 Å². The van der Waals surface area contributed by atoms with E-state index in [0.717, 1.165) is 23.4 Å². The first kappa shape index (κ1) is 15.5. The third kappa shape index (κ3) is 2.94. The maximum Gasteiger partial charge on any atom is 0.336 e. The molecule has 1 heterocycles. The standard InChI is InChI=1S/C17H23NO3/c1-6-7-21-16(20)14-10(2)15-12(18-11(14)3)8-17(4,5)9-13(15)19/h6,10,18H,1,7-9H2,2-5H3. The van der Waals surface area contributed by atoms with Gasteiger partial charge in [0.2, 0.25) is 0 Å². The zero-order valence-corrected chi connectivity index (χ0v) is 13.2. The van der Waals surface area contributed by atoms with Crippen molar-refractivity contribution in [2.45, 2.75) is 40.5 Å². The van der Waals surface area contributed by atoms with E-state index < -0.39 is 0 Å². The third-order valence-corrected chi connectivity index (χ3v) is 4.08. The number of carbonyl (C=O) groups is 2. The lowest BCUT2D eigenvalue weighted by atomic mass is 9.70. The van der Waals surface area contributed by atoms with Gasteiger partial charge in [-0.15, -0.1) is 0 Å². The fourth-order valence-corrected chi connectivity index (χ4v) is 3.25.